The number of nitrogens with one attached hydrogen (secondary N) is 1. The van der Waals surface area contributed by atoms with Crippen LogP contribution in [0.25, 0.3) is 0 Å². The number of piperidine rings is 1. The molecule has 10 heteroatoms. The zero-order chi connectivity index (χ0) is 14.8. The maximum absolute atomic E-state index is 12.3. The molecular formula is C10H13F3N4O2S. The molecule has 1 unspecified atom stereocenters. The number of aliphatic hydroxyl groups excluding tert-OH is 1. The number of halogens is 3. The van der Waals surface area contributed by atoms with Crippen molar-refractivity contribution in [2.24, 2.45) is 5.92 Å². The second-order valence-corrected chi connectivity index (χ2v) is 5.45. The zero-order valence-corrected chi connectivity index (χ0v) is 11.2. The SMILES string of the molecule is O=C(Nc1nnc(C(F)(F)F)s1)N1CCCC(CO)C1. The molecule has 20 heavy (non-hydrogen) atoms. The molecule has 0 saturated carbocycles. The standard InChI is InChI=1S/C10H13F3N4O2S/c11-10(12,13)7-15-16-8(20-7)14-9(19)17-3-1-2-6(4-17)5-18/h6,18H,1-5H2,(H,14,16,19). The fourth-order valence-electron chi connectivity index (χ4n) is 1.96. The third-order valence-electron chi connectivity index (χ3n) is 2.95. The second-order valence-electron chi connectivity index (χ2n) is 4.48. The first kappa shape index (κ1) is 15.0. The minimum atomic E-state index is -4.56. The van der Waals surface area contributed by atoms with Crippen LogP contribution in [0, 0.1) is 5.92 Å². The normalized spacial score (nSPS) is 20.0. The highest BCUT2D eigenvalue weighted by atomic mass is 32.1. The summed E-state index contributed by atoms with van der Waals surface area (Å²) in [5.74, 6) is 0.00894. The Kier molecular flexibility index (Phi) is 4.43. The average molecular weight is 310 g/mol. The monoisotopic (exact) mass is 310 g/mol. The molecule has 0 aliphatic carbocycles. The highest BCUT2D eigenvalue weighted by Crippen LogP contribution is 2.33. The molecule has 1 fully saturated rings. The van der Waals surface area contributed by atoms with Crippen LogP contribution in [0.3, 0.4) is 0 Å². The smallest absolute Gasteiger partial charge is 0.396 e. The predicted octanol–water partition coefficient (Wildman–Crippen LogP) is 1.79. The molecule has 0 bridgehead atoms. The van der Waals surface area contributed by atoms with Crippen LogP contribution in [0.4, 0.5) is 23.1 Å². The lowest BCUT2D eigenvalue weighted by atomic mass is 9.99. The molecule has 2 heterocycles. The summed E-state index contributed by atoms with van der Waals surface area (Å²) in [4.78, 5) is 13.3. The Hall–Kier alpha value is -1.42. The van der Waals surface area contributed by atoms with Gasteiger partial charge in [-0.3, -0.25) is 5.32 Å². The van der Waals surface area contributed by atoms with E-state index in [0.29, 0.717) is 13.1 Å². The van der Waals surface area contributed by atoms with Crippen LogP contribution in [-0.2, 0) is 6.18 Å². The van der Waals surface area contributed by atoms with Crippen LogP contribution in [0.5, 0.6) is 0 Å². The van der Waals surface area contributed by atoms with Crippen LogP contribution in [0.2, 0.25) is 0 Å². The highest BCUT2D eigenvalue weighted by molar-refractivity contribution is 7.15. The van der Waals surface area contributed by atoms with Crippen molar-refractivity contribution in [3.63, 3.8) is 0 Å². The Bertz CT molecular complexity index is 479. The largest absolute Gasteiger partial charge is 0.445 e. The number of hydrogen-bond acceptors (Lipinski definition) is 5. The van der Waals surface area contributed by atoms with Gasteiger partial charge in [-0.15, -0.1) is 10.2 Å². The number of carbonyl (C=O) groups excluding carboxylic acids is 1. The number of nitrogens with zero attached hydrogens (tertiary/aromatic N) is 3. The van der Waals surface area contributed by atoms with Crippen LogP contribution in [0.1, 0.15) is 17.8 Å². The van der Waals surface area contributed by atoms with Gasteiger partial charge in [-0.2, -0.15) is 13.2 Å². The number of likely N-dealkylation sites (tertiary alicyclic amines) is 1. The number of rotatable bonds is 2. The number of carbonyl (C=O) groups is 1. The number of hydrogen-bond donors (Lipinski definition) is 2. The van der Waals surface area contributed by atoms with Gasteiger partial charge in [-0.1, -0.05) is 11.3 Å². The van der Waals surface area contributed by atoms with E-state index in [2.05, 4.69) is 15.5 Å². The first-order valence-corrected chi connectivity index (χ1v) is 6.79. The molecule has 1 aliphatic heterocycles. The summed E-state index contributed by atoms with van der Waals surface area (Å²) < 4.78 is 37.0. The minimum absolute atomic E-state index is 0.00894. The summed E-state index contributed by atoms with van der Waals surface area (Å²) in [6, 6.07) is -0.520. The van der Waals surface area contributed by atoms with Crippen LogP contribution >= 0.6 is 11.3 Å². The maximum Gasteiger partial charge on any atom is 0.445 e. The lowest BCUT2D eigenvalue weighted by molar-refractivity contribution is -0.138. The van der Waals surface area contributed by atoms with Crippen LogP contribution in [0.15, 0.2) is 0 Å². The van der Waals surface area contributed by atoms with E-state index < -0.39 is 17.2 Å². The van der Waals surface area contributed by atoms with Crippen LogP contribution < -0.4 is 5.32 Å². The van der Waals surface area contributed by atoms with Crippen molar-refractivity contribution in [2.45, 2.75) is 19.0 Å². The quantitative estimate of drug-likeness (QED) is 0.873. The number of amides is 2. The summed E-state index contributed by atoms with van der Waals surface area (Å²) in [6.07, 6.45) is -2.98. The lowest BCUT2D eigenvalue weighted by Gasteiger charge is -2.31. The summed E-state index contributed by atoms with van der Waals surface area (Å²) in [7, 11) is 0. The van der Waals surface area contributed by atoms with Crippen molar-refractivity contribution in [1.82, 2.24) is 15.1 Å². The molecule has 1 aliphatic rings. The fourth-order valence-corrected chi connectivity index (χ4v) is 2.56. The Morgan fingerprint density at radius 2 is 2.25 bits per heavy atom. The molecule has 0 spiro atoms. The average Bonchev–Trinajstić information content (AvgIpc) is 2.87. The Labute approximate surface area is 116 Å². The number of anilines is 1. The molecule has 1 saturated heterocycles. The number of urea groups is 1. The van der Waals surface area contributed by atoms with Crippen molar-refractivity contribution >= 4 is 22.5 Å². The van der Waals surface area contributed by atoms with Gasteiger partial charge in [0.2, 0.25) is 10.1 Å². The Balaban J connectivity index is 1.96. The van der Waals surface area contributed by atoms with E-state index in [1.165, 1.54) is 4.90 Å². The van der Waals surface area contributed by atoms with Gasteiger partial charge in [0.05, 0.1) is 0 Å². The van der Waals surface area contributed by atoms with Gasteiger partial charge >= 0.3 is 12.2 Å². The summed E-state index contributed by atoms with van der Waals surface area (Å²) in [6.45, 7) is 0.876. The Morgan fingerprint density at radius 1 is 1.50 bits per heavy atom. The first-order chi connectivity index (χ1) is 9.40. The molecule has 112 valence electrons. The number of alkyl halides is 3. The van der Waals surface area contributed by atoms with Gasteiger partial charge < -0.3 is 10.0 Å². The van der Waals surface area contributed by atoms with Crippen molar-refractivity contribution in [1.29, 1.82) is 0 Å². The molecule has 1 atom stereocenters. The molecule has 2 rings (SSSR count). The molecule has 1 aromatic rings. The van der Waals surface area contributed by atoms with Crippen molar-refractivity contribution < 1.29 is 23.1 Å². The number of aromatic nitrogens is 2. The van der Waals surface area contributed by atoms with Gasteiger partial charge in [-0.25, -0.2) is 4.79 Å². The van der Waals surface area contributed by atoms with Gasteiger partial charge in [0.25, 0.3) is 0 Å². The van der Waals surface area contributed by atoms with E-state index in [0.717, 1.165) is 12.8 Å². The molecular weight excluding hydrogens is 297 g/mol. The molecule has 2 amide bonds. The lowest BCUT2D eigenvalue weighted by Crippen LogP contribution is -2.43. The van der Waals surface area contributed by atoms with Gasteiger partial charge in [0, 0.05) is 19.7 Å². The topological polar surface area (TPSA) is 78.4 Å². The van der Waals surface area contributed by atoms with E-state index in [9.17, 15) is 18.0 Å². The molecule has 6 nitrogen and oxygen atoms in total. The summed E-state index contributed by atoms with van der Waals surface area (Å²) in [5, 5.41) is 16.4. The molecule has 0 radical (unpaired) electrons. The van der Waals surface area contributed by atoms with Gasteiger partial charge in [0.15, 0.2) is 0 Å². The maximum atomic E-state index is 12.3. The van der Waals surface area contributed by atoms with Crippen molar-refractivity contribution in [3.8, 4) is 0 Å². The van der Waals surface area contributed by atoms with E-state index in [1.807, 2.05) is 0 Å². The Morgan fingerprint density at radius 3 is 2.85 bits per heavy atom. The second kappa shape index (κ2) is 5.92. The predicted molar refractivity (Wildman–Crippen MR) is 65.3 cm³/mol. The first-order valence-electron chi connectivity index (χ1n) is 5.97. The number of aliphatic hydroxyl groups is 1. The minimum Gasteiger partial charge on any atom is -0.396 e. The summed E-state index contributed by atoms with van der Waals surface area (Å²) >= 11 is 0.283. The summed E-state index contributed by atoms with van der Waals surface area (Å²) in [5.41, 5.74) is 0. The van der Waals surface area contributed by atoms with Gasteiger partial charge in [-0.05, 0) is 18.8 Å². The van der Waals surface area contributed by atoms with Crippen molar-refractivity contribution in [3.05, 3.63) is 5.01 Å². The third kappa shape index (κ3) is 3.57. The fraction of sp³-hybridized carbons (Fsp3) is 0.700. The van der Waals surface area contributed by atoms with Crippen molar-refractivity contribution in [2.75, 3.05) is 25.0 Å². The van der Waals surface area contributed by atoms with Gasteiger partial charge in [0.1, 0.15) is 0 Å². The molecule has 2 N–H and O–H groups in total. The highest BCUT2D eigenvalue weighted by Gasteiger charge is 2.36. The van der Waals surface area contributed by atoms with E-state index in [-0.39, 0.29) is 29.0 Å². The van der Waals surface area contributed by atoms with E-state index >= 15 is 0 Å². The van der Waals surface area contributed by atoms with E-state index in [4.69, 9.17) is 5.11 Å². The molecule has 0 aromatic carbocycles. The molecule has 1 aromatic heterocycles. The third-order valence-corrected chi connectivity index (χ3v) is 3.83. The van der Waals surface area contributed by atoms with E-state index in [1.54, 1.807) is 0 Å². The van der Waals surface area contributed by atoms with Crippen LogP contribution in [-0.4, -0.2) is 45.9 Å². The zero-order valence-electron chi connectivity index (χ0n) is 10.4.